The van der Waals surface area contributed by atoms with Gasteiger partial charge in [-0.1, -0.05) is 68.2 Å². The van der Waals surface area contributed by atoms with Crippen molar-refractivity contribution >= 4 is 47.3 Å². The van der Waals surface area contributed by atoms with Crippen molar-refractivity contribution in [1.29, 1.82) is 0 Å². The van der Waals surface area contributed by atoms with Crippen molar-refractivity contribution in [3.63, 3.8) is 0 Å². The van der Waals surface area contributed by atoms with Crippen LogP contribution < -0.4 is 49.1 Å². The Morgan fingerprint density at radius 2 is 1.23 bits per heavy atom. The average Bonchev–Trinajstić information content (AvgIpc) is 3.57. The molecule has 1 heterocycles. The Hall–Kier alpha value is -5.23. The predicted molar refractivity (Wildman–Crippen MR) is 210 cm³/mol. The summed E-state index contributed by atoms with van der Waals surface area (Å²) in [7, 11) is 0. The first-order valence-corrected chi connectivity index (χ1v) is 19.3. The van der Waals surface area contributed by atoms with Gasteiger partial charge in [0.1, 0.15) is 36.5 Å². The van der Waals surface area contributed by atoms with Gasteiger partial charge in [-0.2, -0.15) is 0 Å². The summed E-state index contributed by atoms with van der Waals surface area (Å²) in [4.78, 5) is 100. The van der Waals surface area contributed by atoms with Crippen LogP contribution in [0, 0.1) is 30.6 Å². The molecule has 12 N–H and O–H groups in total. The topological polar surface area (TPSA) is 308 Å². The number of rotatable bonds is 25. The van der Waals surface area contributed by atoms with Crippen LogP contribution in [0.15, 0.2) is 15.7 Å². The Balaban J connectivity index is 3.15. The molecule has 7 atom stereocenters. The summed E-state index contributed by atoms with van der Waals surface area (Å²) in [5.41, 5.74) is 16.4. The molecular weight excluding hydrogens is 726 g/mol. The Kier molecular flexibility index (Phi) is 21.2. The molecule has 1 rings (SSSR count). The minimum Gasteiger partial charge on any atom is -0.448 e. The van der Waals surface area contributed by atoms with E-state index in [1.165, 1.54) is 6.26 Å². The molecule has 0 radical (unpaired) electrons. The monoisotopic (exact) mass is 792 g/mol. The maximum absolute atomic E-state index is 13.7. The number of primary amides is 1. The highest BCUT2D eigenvalue weighted by Crippen LogP contribution is 2.13. The number of nitrogens with two attached hydrogens (primary N) is 3. The molecule has 0 aliphatic rings. The maximum atomic E-state index is 13.7. The molecule has 0 spiro atoms. The minimum atomic E-state index is -1.17. The molecule has 0 saturated heterocycles. The third kappa shape index (κ3) is 17.5. The maximum Gasteiger partial charge on any atom is 0.273 e. The Bertz CT molecular complexity index is 1510. The lowest BCUT2D eigenvalue weighted by Crippen LogP contribution is -2.58. The van der Waals surface area contributed by atoms with E-state index >= 15 is 0 Å². The van der Waals surface area contributed by atoms with E-state index in [0.717, 1.165) is 0 Å². The molecule has 19 nitrogen and oxygen atoms in total. The van der Waals surface area contributed by atoms with Gasteiger partial charge < -0.3 is 53.5 Å². The Morgan fingerprint density at radius 1 is 0.714 bits per heavy atom. The second-order valence-corrected chi connectivity index (χ2v) is 15.0. The first-order valence-electron chi connectivity index (χ1n) is 19.3. The van der Waals surface area contributed by atoms with E-state index in [-0.39, 0.29) is 73.4 Å². The number of oxazole rings is 1. The third-order valence-corrected chi connectivity index (χ3v) is 9.15. The van der Waals surface area contributed by atoms with Crippen molar-refractivity contribution in [2.75, 3.05) is 13.1 Å². The fraction of sp³-hybridized carbons (Fsp3) is 0.703. The molecule has 0 aromatic carbocycles. The predicted octanol–water partition coefficient (Wildman–Crippen LogP) is -0.140. The molecule has 0 aliphatic carbocycles. The summed E-state index contributed by atoms with van der Waals surface area (Å²) in [6, 6.07) is -5.26. The van der Waals surface area contributed by atoms with Crippen molar-refractivity contribution in [2.24, 2.45) is 45.9 Å². The van der Waals surface area contributed by atoms with Crippen LogP contribution in [-0.2, 0) is 28.8 Å². The molecule has 0 unspecified atom stereocenters. The molecule has 0 aliphatic heterocycles. The highest BCUT2D eigenvalue weighted by molar-refractivity contribution is 5.98. The Labute approximate surface area is 329 Å². The van der Waals surface area contributed by atoms with E-state index in [0.29, 0.717) is 12.8 Å². The molecular formula is C37H65N11O8. The van der Waals surface area contributed by atoms with E-state index < -0.39 is 78.1 Å². The Morgan fingerprint density at radius 3 is 1.71 bits per heavy atom. The summed E-state index contributed by atoms with van der Waals surface area (Å²) in [6.07, 6.45) is 3.07. The van der Waals surface area contributed by atoms with Crippen molar-refractivity contribution < 1.29 is 38.0 Å². The fourth-order valence-electron chi connectivity index (χ4n) is 5.61. The van der Waals surface area contributed by atoms with Crippen LogP contribution in [0.1, 0.15) is 110 Å². The van der Waals surface area contributed by atoms with Crippen molar-refractivity contribution in [3.8, 4) is 0 Å². The van der Waals surface area contributed by atoms with Crippen molar-refractivity contribution in [3.05, 3.63) is 17.8 Å². The lowest BCUT2D eigenvalue weighted by Gasteiger charge is -2.28. The second kappa shape index (κ2) is 24.3. The van der Waals surface area contributed by atoms with Gasteiger partial charge in [-0.25, -0.2) is 4.98 Å². The summed E-state index contributed by atoms with van der Waals surface area (Å²) >= 11 is 0. The first kappa shape index (κ1) is 48.8. The SMILES string of the molecule is CC[C@H](C)[C@H](NC(=O)[C@H](CC(C)C)NC(=O)[C@H](CCCN=C(N)N)NC(=O)CNC(=O)[C@@H](NC(=O)[C@H](CC(C)C)NC(=O)c1coc(C)n1)[C@@H](C)CC)C(N)=O. The van der Waals surface area contributed by atoms with Crippen LogP contribution >= 0.6 is 0 Å². The lowest BCUT2D eigenvalue weighted by atomic mass is 9.96. The zero-order valence-electron chi connectivity index (χ0n) is 34.3. The van der Waals surface area contributed by atoms with E-state index in [2.05, 4.69) is 41.9 Å². The number of hydrogen-bond acceptors (Lipinski definition) is 10. The van der Waals surface area contributed by atoms with Gasteiger partial charge >= 0.3 is 0 Å². The standard InChI is InChI=1S/C37H65N11O8/c1-10-21(7)29(31(38)50)47-33(52)25(15-19(3)4)45-32(51)24(13-12-14-41-37(39)40)44-28(49)17-42-36(55)30(22(8)11-2)48-34(53)26(16-20(5)6)46-35(54)27-18-56-23(9)43-27/h18-22,24-26,29-30H,10-17H2,1-9H3,(H2,38,50)(H,42,55)(H,44,49)(H,45,51)(H,46,54)(H,47,52)(H,48,53)(H4,39,40,41)/t21-,22-,24-,25-,26-,29-,30-/m0/s1. The number of aryl methyl sites for hydroxylation is 1. The lowest BCUT2D eigenvalue weighted by molar-refractivity contribution is -0.134. The number of carbonyl (C=O) groups is 7. The molecule has 19 heteroatoms. The molecule has 0 fully saturated rings. The number of carbonyl (C=O) groups excluding carboxylic acids is 7. The van der Waals surface area contributed by atoms with Crippen molar-refractivity contribution in [2.45, 2.75) is 131 Å². The van der Waals surface area contributed by atoms with Gasteiger partial charge in [0.25, 0.3) is 5.91 Å². The van der Waals surface area contributed by atoms with E-state index in [1.54, 1.807) is 20.8 Å². The number of guanidine groups is 1. The van der Waals surface area contributed by atoms with Gasteiger partial charge in [-0.3, -0.25) is 38.6 Å². The largest absolute Gasteiger partial charge is 0.448 e. The van der Waals surface area contributed by atoms with Gasteiger partial charge in [0, 0.05) is 13.5 Å². The molecule has 0 saturated carbocycles. The summed E-state index contributed by atoms with van der Waals surface area (Å²) < 4.78 is 5.11. The van der Waals surface area contributed by atoms with Crippen LogP contribution in [0.5, 0.6) is 0 Å². The van der Waals surface area contributed by atoms with E-state index in [9.17, 15) is 33.6 Å². The van der Waals surface area contributed by atoms with Crippen LogP contribution in [0.4, 0.5) is 0 Å². The van der Waals surface area contributed by atoms with Crippen LogP contribution in [-0.4, -0.2) is 95.6 Å². The molecule has 7 amide bonds. The summed E-state index contributed by atoms with van der Waals surface area (Å²) in [5.74, 6) is -5.11. The third-order valence-electron chi connectivity index (χ3n) is 9.15. The second-order valence-electron chi connectivity index (χ2n) is 15.0. The zero-order chi connectivity index (χ0) is 42.7. The number of aromatic nitrogens is 1. The summed E-state index contributed by atoms with van der Waals surface area (Å²) in [5, 5.41) is 15.9. The van der Waals surface area contributed by atoms with Crippen LogP contribution in [0.2, 0.25) is 0 Å². The fourth-order valence-corrected chi connectivity index (χ4v) is 5.61. The molecule has 0 bridgehead atoms. The smallest absolute Gasteiger partial charge is 0.273 e. The number of nitrogens with zero attached hydrogens (tertiary/aromatic N) is 2. The van der Waals surface area contributed by atoms with Gasteiger partial charge in [-0.05, 0) is 49.4 Å². The molecule has 316 valence electrons. The van der Waals surface area contributed by atoms with Gasteiger partial charge in [0.15, 0.2) is 17.5 Å². The minimum absolute atomic E-state index is 0.00105. The number of aliphatic imine (C=N–C) groups is 1. The first-order chi connectivity index (χ1) is 26.2. The number of amides is 7. The molecule has 56 heavy (non-hydrogen) atoms. The number of hydrogen-bond donors (Lipinski definition) is 9. The summed E-state index contributed by atoms with van der Waals surface area (Å²) in [6.45, 7) is 15.9. The number of nitrogens with one attached hydrogen (secondary N) is 6. The quantitative estimate of drug-likeness (QED) is 0.0357. The van der Waals surface area contributed by atoms with Gasteiger partial charge in [0.2, 0.25) is 35.4 Å². The molecule has 1 aromatic rings. The van der Waals surface area contributed by atoms with Gasteiger partial charge in [-0.15, -0.1) is 0 Å². The van der Waals surface area contributed by atoms with E-state index in [4.69, 9.17) is 21.6 Å². The molecule has 1 aromatic heterocycles. The van der Waals surface area contributed by atoms with Crippen molar-refractivity contribution in [1.82, 2.24) is 36.9 Å². The van der Waals surface area contributed by atoms with E-state index in [1.807, 2.05) is 41.5 Å². The van der Waals surface area contributed by atoms with Gasteiger partial charge in [0.05, 0.1) is 6.54 Å². The highest BCUT2D eigenvalue weighted by Gasteiger charge is 2.33. The van der Waals surface area contributed by atoms with Crippen LogP contribution in [0.25, 0.3) is 0 Å². The average molecular weight is 792 g/mol. The zero-order valence-corrected chi connectivity index (χ0v) is 34.3. The highest BCUT2D eigenvalue weighted by atomic mass is 16.3. The normalized spacial score (nSPS) is 14.9. The van der Waals surface area contributed by atoms with Crippen LogP contribution in [0.3, 0.4) is 0 Å².